The van der Waals surface area contributed by atoms with Crippen LogP contribution in [0.2, 0.25) is 0 Å². The molecule has 30 heavy (non-hydrogen) atoms. The highest BCUT2D eigenvalue weighted by Crippen LogP contribution is 2.38. The fourth-order valence-corrected chi connectivity index (χ4v) is 4.53. The van der Waals surface area contributed by atoms with Gasteiger partial charge >= 0.3 is 5.97 Å². The third-order valence-electron chi connectivity index (χ3n) is 6.29. The molecule has 0 saturated heterocycles. The monoisotopic (exact) mass is 418 g/mol. The molecular formula is C25H38O5. The number of carboxylic acids is 1. The number of aliphatic carboxylic acids is 1. The normalized spacial score (nSPS) is 25.0. The molecule has 0 unspecified atom stereocenters. The predicted octanol–water partition coefficient (Wildman–Crippen LogP) is 4.10. The molecule has 1 aliphatic carbocycles. The van der Waals surface area contributed by atoms with Crippen molar-refractivity contribution in [2.75, 3.05) is 0 Å². The first-order valence-corrected chi connectivity index (χ1v) is 11.4. The van der Waals surface area contributed by atoms with Crippen LogP contribution in [0.1, 0.15) is 69.8 Å². The van der Waals surface area contributed by atoms with Crippen molar-refractivity contribution < 1.29 is 25.2 Å². The zero-order valence-electron chi connectivity index (χ0n) is 17.9. The highest BCUT2D eigenvalue weighted by Gasteiger charge is 2.40. The fourth-order valence-electron chi connectivity index (χ4n) is 4.53. The summed E-state index contributed by atoms with van der Waals surface area (Å²) in [5.74, 6) is -0.778. The first kappa shape index (κ1) is 24.6. The van der Waals surface area contributed by atoms with Gasteiger partial charge in [0.15, 0.2) is 0 Å². The van der Waals surface area contributed by atoms with Crippen LogP contribution in [0.3, 0.4) is 0 Å². The number of hydrogen-bond donors (Lipinski definition) is 4. The molecular weight excluding hydrogens is 380 g/mol. The van der Waals surface area contributed by atoms with Gasteiger partial charge in [-0.2, -0.15) is 0 Å². The molecule has 0 heterocycles. The van der Waals surface area contributed by atoms with Gasteiger partial charge in [0.25, 0.3) is 0 Å². The Hall–Kier alpha value is -1.69. The summed E-state index contributed by atoms with van der Waals surface area (Å²) in [5.41, 5.74) is 1.33. The van der Waals surface area contributed by atoms with E-state index in [1.165, 1.54) is 5.56 Å². The van der Waals surface area contributed by atoms with Crippen LogP contribution in [-0.4, -0.2) is 44.7 Å². The van der Waals surface area contributed by atoms with Crippen LogP contribution in [-0.2, 0) is 11.2 Å². The second-order valence-electron chi connectivity index (χ2n) is 8.65. The van der Waals surface area contributed by atoms with Crippen LogP contribution < -0.4 is 0 Å². The first-order chi connectivity index (χ1) is 14.5. The number of carbonyl (C=O) groups is 1. The smallest absolute Gasteiger partial charge is 0.303 e. The lowest BCUT2D eigenvalue weighted by Crippen LogP contribution is -2.23. The Morgan fingerprint density at radius 2 is 1.73 bits per heavy atom. The van der Waals surface area contributed by atoms with E-state index in [9.17, 15) is 20.1 Å². The van der Waals surface area contributed by atoms with Gasteiger partial charge in [0.1, 0.15) is 0 Å². The van der Waals surface area contributed by atoms with E-state index in [0.29, 0.717) is 32.1 Å². The molecule has 0 aromatic heterocycles. The maximum absolute atomic E-state index is 10.5. The average molecular weight is 419 g/mol. The summed E-state index contributed by atoms with van der Waals surface area (Å²) < 4.78 is 0. The molecule has 1 aliphatic rings. The predicted molar refractivity (Wildman–Crippen MR) is 118 cm³/mol. The van der Waals surface area contributed by atoms with E-state index in [1.807, 2.05) is 30.4 Å². The van der Waals surface area contributed by atoms with E-state index in [2.05, 4.69) is 12.1 Å². The summed E-state index contributed by atoms with van der Waals surface area (Å²) in [4.78, 5) is 10.5. The highest BCUT2D eigenvalue weighted by atomic mass is 16.4. The zero-order chi connectivity index (χ0) is 21.8. The van der Waals surface area contributed by atoms with Crippen molar-refractivity contribution >= 4 is 5.97 Å². The van der Waals surface area contributed by atoms with Crippen molar-refractivity contribution in [1.29, 1.82) is 0 Å². The third-order valence-corrected chi connectivity index (χ3v) is 6.29. The number of aryl methyl sites for hydroxylation is 1. The molecule has 0 aliphatic heterocycles. The van der Waals surface area contributed by atoms with Crippen molar-refractivity contribution in [3.05, 3.63) is 48.0 Å². The number of carboxylic acid groups (broad SMARTS) is 1. The van der Waals surface area contributed by atoms with Crippen LogP contribution in [0.15, 0.2) is 42.5 Å². The fraction of sp³-hybridized carbons (Fsp3) is 0.640. The average Bonchev–Trinajstić information content (AvgIpc) is 2.99. The summed E-state index contributed by atoms with van der Waals surface area (Å²) in [5, 5.41) is 39.7. The van der Waals surface area contributed by atoms with Crippen LogP contribution in [0, 0.1) is 11.8 Å². The van der Waals surface area contributed by atoms with Crippen LogP contribution in [0.4, 0.5) is 0 Å². The van der Waals surface area contributed by atoms with Gasteiger partial charge in [0.05, 0.1) is 18.3 Å². The molecule has 4 N–H and O–H groups in total. The molecule has 0 amide bonds. The lowest BCUT2D eigenvalue weighted by Gasteiger charge is -2.23. The van der Waals surface area contributed by atoms with Crippen molar-refractivity contribution in [1.82, 2.24) is 0 Å². The Balaban J connectivity index is 1.66. The van der Waals surface area contributed by atoms with Crippen LogP contribution in [0.25, 0.3) is 0 Å². The van der Waals surface area contributed by atoms with Gasteiger partial charge < -0.3 is 20.4 Å². The van der Waals surface area contributed by atoms with Gasteiger partial charge in [-0.25, -0.2) is 0 Å². The number of benzene rings is 1. The second kappa shape index (κ2) is 13.6. The molecule has 5 nitrogen and oxygen atoms in total. The summed E-state index contributed by atoms with van der Waals surface area (Å²) in [6, 6.07) is 10.4. The zero-order valence-corrected chi connectivity index (χ0v) is 17.9. The Kier molecular flexibility index (Phi) is 11.1. The number of unbranched alkanes of at least 4 members (excludes halogenated alkanes) is 2. The molecule has 0 spiro atoms. The molecule has 5 atom stereocenters. The quantitative estimate of drug-likeness (QED) is 0.269. The third kappa shape index (κ3) is 8.99. The molecule has 0 radical (unpaired) electrons. The van der Waals surface area contributed by atoms with Crippen LogP contribution in [0.5, 0.6) is 0 Å². The number of aliphatic hydroxyl groups is 3. The molecule has 1 fully saturated rings. The van der Waals surface area contributed by atoms with E-state index in [1.54, 1.807) is 0 Å². The molecule has 1 aromatic rings. The molecule has 1 saturated carbocycles. The topological polar surface area (TPSA) is 98.0 Å². The summed E-state index contributed by atoms with van der Waals surface area (Å²) in [6.07, 6.45) is 10.4. The molecule has 2 rings (SSSR count). The van der Waals surface area contributed by atoms with E-state index >= 15 is 0 Å². The summed E-state index contributed by atoms with van der Waals surface area (Å²) >= 11 is 0. The maximum Gasteiger partial charge on any atom is 0.303 e. The van der Waals surface area contributed by atoms with Crippen molar-refractivity contribution in [2.45, 2.75) is 88.9 Å². The standard InChI is InChI=1S/C25H38O5/c26-20(13-9-8-12-19-10-4-3-5-11-19)16-17-22-21(23(27)18-24(22)28)14-6-1-2-7-15-25(29)30/h1,3-6,10-11,20-24,26-28H,2,7-9,12-18H2,(H,29,30)/b6-1-/t20-,21+,22+,23-,24+/m0/s1. The molecule has 1 aromatic carbocycles. The van der Waals surface area contributed by atoms with Gasteiger partial charge in [-0.3, -0.25) is 4.79 Å². The Labute approximate surface area is 180 Å². The van der Waals surface area contributed by atoms with Gasteiger partial charge in [-0.1, -0.05) is 48.9 Å². The Morgan fingerprint density at radius 1 is 1.00 bits per heavy atom. The van der Waals surface area contributed by atoms with Crippen LogP contribution >= 0.6 is 0 Å². The molecule has 0 bridgehead atoms. The number of allylic oxidation sites excluding steroid dienone is 2. The summed E-state index contributed by atoms with van der Waals surface area (Å²) in [6.45, 7) is 0. The van der Waals surface area contributed by atoms with E-state index in [4.69, 9.17) is 5.11 Å². The van der Waals surface area contributed by atoms with E-state index in [0.717, 1.165) is 32.1 Å². The minimum Gasteiger partial charge on any atom is -0.481 e. The van der Waals surface area contributed by atoms with Gasteiger partial charge in [0, 0.05) is 6.42 Å². The number of aliphatic hydroxyl groups excluding tert-OH is 3. The minimum atomic E-state index is -0.781. The minimum absolute atomic E-state index is 0.000930. The van der Waals surface area contributed by atoms with Crippen molar-refractivity contribution in [2.24, 2.45) is 11.8 Å². The highest BCUT2D eigenvalue weighted by molar-refractivity contribution is 5.66. The van der Waals surface area contributed by atoms with Crippen molar-refractivity contribution in [3.8, 4) is 0 Å². The maximum atomic E-state index is 10.5. The van der Waals surface area contributed by atoms with E-state index < -0.39 is 18.2 Å². The largest absolute Gasteiger partial charge is 0.481 e. The van der Waals surface area contributed by atoms with Gasteiger partial charge in [-0.15, -0.1) is 0 Å². The Bertz CT molecular complexity index is 630. The second-order valence-corrected chi connectivity index (χ2v) is 8.65. The van der Waals surface area contributed by atoms with Gasteiger partial charge in [-0.05, 0) is 75.2 Å². The first-order valence-electron chi connectivity index (χ1n) is 11.4. The Morgan fingerprint density at radius 3 is 2.47 bits per heavy atom. The lowest BCUT2D eigenvalue weighted by atomic mass is 9.85. The molecule has 5 heteroatoms. The van der Waals surface area contributed by atoms with Crippen molar-refractivity contribution in [3.63, 3.8) is 0 Å². The van der Waals surface area contributed by atoms with E-state index in [-0.39, 0.29) is 24.4 Å². The number of hydrogen-bond acceptors (Lipinski definition) is 4. The van der Waals surface area contributed by atoms with Gasteiger partial charge in [0.2, 0.25) is 0 Å². The number of rotatable bonds is 14. The lowest BCUT2D eigenvalue weighted by molar-refractivity contribution is -0.137. The SMILES string of the molecule is O=C(O)CCC/C=C\C[C@@H]1[C@@H](CC[C@@H](O)CCCCc2ccccc2)[C@H](O)C[C@@H]1O. The summed E-state index contributed by atoms with van der Waals surface area (Å²) in [7, 11) is 0. The molecule has 168 valence electrons.